The molecule has 0 aliphatic carbocycles. The van der Waals surface area contributed by atoms with E-state index in [0.29, 0.717) is 17.4 Å². The van der Waals surface area contributed by atoms with E-state index in [1.54, 1.807) is 13.8 Å². The van der Waals surface area contributed by atoms with Crippen molar-refractivity contribution in [3.8, 4) is 17.0 Å². The van der Waals surface area contributed by atoms with E-state index in [1.807, 2.05) is 36.6 Å². The molecule has 1 aromatic heterocycles. The Morgan fingerprint density at radius 3 is 2.54 bits per heavy atom. The van der Waals surface area contributed by atoms with E-state index in [2.05, 4.69) is 10.3 Å². The van der Waals surface area contributed by atoms with E-state index in [0.717, 1.165) is 11.3 Å². The van der Waals surface area contributed by atoms with Crippen LogP contribution in [0.3, 0.4) is 0 Å². The van der Waals surface area contributed by atoms with Crippen LogP contribution in [-0.2, 0) is 14.6 Å². The molecule has 0 bridgehead atoms. The third-order valence-electron chi connectivity index (χ3n) is 3.26. The molecule has 1 heterocycles. The van der Waals surface area contributed by atoms with Crippen LogP contribution < -0.4 is 10.1 Å². The molecule has 0 aliphatic rings. The Morgan fingerprint density at radius 2 is 1.96 bits per heavy atom. The smallest absolute Gasteiger partial charge is 0.241 e. The van der Waals surface area contributed by atoms with E-state index in [-0.39, 0.29) is 0 Å². The van der Waals surface area contributed by atoms with Crippen molar-refractivity contribution in [3.63, 3.8) is 0 Å². The van der Waals surface area contributed by atoms with Gasteiger partial charge in [-0.25, -0.2) is 13.4 Å². The maximum Gasteiger partial charge on any atom is 0.241 e. The largest absolute Gasteiger partial charge is 0.494 e. The zero-order valence-corrected chi connectivity index (χ0v) is 15.4. The first-order valence-corrected chi connectivity index (χ1v) is 10.1. The summed E-state index contributed by atoms with van der Waals surface area (Å²) in [6.45, 7) is 5.63. The Hall–Kier alpha value is -1.93. The number of aromatic nitrogens is 1. The summed E-state index contributed by atoms with van der Waals surface area (Å²) < 4.78 is 28.9. The summed E-state index contributed by atoms with van der Waals surface area (Å²) in [6.07, 6.45) is 0. The average molecular weight is 368 g/mol. The van der Waals surface area contributed by atoms with Crippen LogP contribution in [0, 0.1) is 0 Å². The summed E-state index contributed by atoms with van der Waals surface area (Å²) in [5.41, 5.74) is 1.61. The van der Waals surface area contributed by atoms with Gasteiger partial charge in [-0.05, 0) is 45.0 Å². The van der Waals surface area contributed by atoms with Crippen molar-refractivity contribution in [2.75, 3.05) is 17.7 Å². The van der Waals surface area contributed by atoms with Crippen LogP contribution in [0.1, 0.15) is 20.8 Å². The van der Waals surface area contributed by atoms with Gasteiger partial charge in [0.15, 0.2) is 15.0 Å². The number of amides is 1. The summed E-state index contributed by atoms with van der Waals surface area (Å²) in [6, 6.07) is 7.47. The van der Waals surface area contributed by atoms with Gasteiger partial charge in [0.05, 0.1) is 17.6 Å². The van der Waals surface area contributed by atoms with Gasteiger partial charge < -0.3 is 10.1 Å². The highest BCUT2D eigenvalue weighted by Crippen LogP contribution is 2.26. The highest BCUT2D eigenvalue weighted by Gasteiger charge is 2.21. The van der Waals surface area contributed by atoms with Crippen molar-refractivity contribution in [2.45, 2.75) is 26.0 Å². The fourth-order valence-corrected chi connectivity index (χ4v) is 3.36. The van der Waals surface area contributed by atoms with Gasteiger partial charge in [-0.15, -0.1) is 11.3 Å². The molecule has 0 saturated carbocycles. The van der Waals surface area contributed by atoms with E-state index in [9.17, 15) is 13.2 Å². The number of nitrogens with zero attached hydrogens (tertiary/aromatic N) is 1. The number of anilines is 1. The van der Waals surface area contributed by atoms with Gasteiger partial charge >= 0.3 is 0 Å². The van der Waals surface area contributed by atoms with E-state index in [1.165, 1.54) is 11.3 Å². The lowest BCUT2D eigenvalue weighted by atomic mass is 10.2. The maximum absolute atomic E-state index is 11.9. The summed E-state index contributed by atoms with van der Waals surface area (Å²) in [4.78, 5) is 16.2. The summed E-state index contributed by atoms with van der Waals surface area (Å²) in [5.74, 6) is -0.331. The molecule has 1 aromatic carbocycles. The van der Waals surface area contributed by atoms with Crippen molar-refractivity contribution in [1.82, 2.24) is 4.98 Å². The van der Waals surface area contributed by atoms with Crippen molar-refractivity contribution in [3.05, 3.63) is 29.6 Å². The zero-order valence-electron chi connectivity index (χ0n) is 13.8. The second-order valence-corrected chi connectivity index (χ2v) is 8.81. The number of hydrogen-bond acceptors (Lipinski definition) is 6. The predicted octanol–water partition coefficient (Wildman–Crippen LogP) is 2.97. The maximum atomic E-state index is 11.9. The number of benzene rings is 1. The molecule has 0 aliphatic heterocycles. The van der Waals surface area contributed by atoms with Gasteiger partial charge in [-0.3, -0.25) is 4.79 Å². The Labute approximate surface area is 145 Å². The minimum absolute atomic E-state index is 0.378. The lowest BCUT2D eigenvalue weighted by Gasteiger charge is -2.06. The Balaban J connectivity index is 2.04. The molecule has 2 aromatic rings. The molecule has 0 spiro atoms. The molecule has 0 unspecified atom stereocenters. The lowest BCUT2D eigenvalue weighted by molar-refractivity contribution is -0.113. The fourth-order valence-electron chi connectivity index (χ4n) is 1.86. The number of rotatable bonds is 7. The molecular weight excluding hydrogens is 348 g/mol. The number of hydrogen-bond donors (Lipinski definition) is 1. The van der Waals surface area contributed by atoms with Gasteiger partial charge in [-0.1, -0.05) is 0 Å². The minimum atomic E-state index is -3.42. The topological polar surface area (TPSA) is 85.4 Å². The van der Waals surface area contributed by atoms with Crippen LogP contribution in [0.15, 0.2) is 29.6 Å². The standard InChI is InChI=1S/C16H20N2O4S2/c1-4-22-13-7-5-12(6-8-13)14-9-23-16(17-14)18-15(19)10-24(20,21)11(2)3/h5-9,11H,4,10H2,1-3H3,(H,17,18,19). The molecule has 130 valence electrons. The van der Waals surface area contributed by atoms with Gasteiger partial charge in [0, 0.05) is 10.9 Å². The molecule has 1 amide bonds. The normalized spacial score (nSPS) is 11.5. The molecule has 2 rings (SSSR count). The van der Waals surface area contributed by atoms with Gasteiger partial charge in [0.1, 0.15) is 11.5 Å². The molecule has 8 heteroatoms. The van der Waals surface area contributed by atoms with Crippen LogP contribution in [0.5, 0.6) is 5.75 Å². The molecule has 0 saturated heterocycles. The number of carbonyl (C=O) groups is 1. The van der Waals surface area contributed by atoms with Crippen molar-refractivity contribution >= 4 is 32.2 Å². The van der Waals surface area contributed by atoms with Gasteiger partial charge in [0.25, 0.3) is 0 Å². The van der Waals surface area contributed by atoms with E-state index < -0.39 is 26.7 Å². The van der Waals surface area contributed by atoms with Crippen molar-refractivity contribution < 1.29 is 17.9 Å². The van der Waals surface area contributed by atoms with Crippen molar-refractivity contribution in [1.29, 1.82) is 0 Å². The number of carbonyl (C=O) groups excluding carboxylic acids is 1. The molecular formula is C16H20N2O4S2. The highest BCUT2D eigenvalue weighted by molar-refractivity contribution is 7.92. The third kappa shape index (κ3) is 4.78. The average Bonchev–Trinajstić information content (AvgIpc) is 2.96. The summed E-state index contributed by atoms with van der Waals surface area (Å²) in [5, 5.41) is 4.14. The van der Waals surface area contributed by atoms with Crippen LogP contribution in [-0.4, -0.2) is 36.9 Å². The third-order valence-corrected chi connectivity index (χ3v) is 6.12. The molecule has 0 atom stereocenters. The SMILES string of the molecule is CCOc1ccc(-c2csc(NC(=O)CS(=O)(=O)C(C)C)n2)cc1. The number of nitrogens with one attached hydrogen (secondary N) is 1. The monoisotopic (exact) mass is 368 g/mol. The number of ether oxygens (including phenoxy) is 1. The molecule has 24 heavy (non-hydrogen) atoms. The Kier molecular flexibility index (Phi) is 5.95. The lowest BCUT2D eigenvalue weighted by Crippen LogP contribution is -2.27. The molecule has 0 fully saturated rings. The highest BCUT2D eigenvalue weighted by atomic mass is 32.2. The molecule has 0 radical (unpaired) electrons. The number of sulfone groups is 1. The first kappa shape index (κ1) is 18.4. The first-order valence-electron chi connectivity index (χ1n) is 7.52. The Bertz CT molecular complexity index is 796. The number of thiazole rings is 1. The molecule has 1 N–H and O–H groups in total. The van der Waals surface area contributed by atoms with E-state index in [4.69, 9.17) is 4.74 Å². The quantitative estimate of drug-likeness (QED) is 0.812. The van der Waals surface area contributed by atoms with Crippen LogP contribution >= 0.6 is 11.3 Å². The van der Waals surface area contributed by atoms with E-state index >= 15 is 0 Å². The summed E-state index contributed by atoms with van der Waals surface area (Å²) in [7, 11) is -3.42. The Morgan fingerprint density at radius 1 is 1.29 bits per heavy atom. The van der Waals surface area contributed by atoms with Crippen LogP contribution in [0.25, 0.3) is 11.3 Å². The van der Waals surface area contributed by atoms with Crippen LogP contribution in [0.4, 0.5) is 5.13 Å². The predicted molar refractivity (Wildman–Crippen MR) is 96.3 cm³/mol. The van der Waals surface area contributed by atoms with Crippen LogP contribution in [0.2, 0.25) is 0 Å². The first-order chi connectivity index (χ1) is 11.3. The zero-order chi connectivity index (χ0) is 17.7. The molecule has 6 nitrogen and oxygen atoms in total. The fraction of sp³-hybridized carbons (Fsp3) is 0.375. The van der Waals surface area contributed by atoms with Gasteiger partial charge in [-0.2, -0.15) is 0 Å². The summed E-state index contributed by atoms with van der Waals surface area (Å²) >= 11 is 1.25. The second kappa shape index (κ2) is 7.76. The second-order valence-electron chi connectivity index (χ2n) is 5.40. The van der Waals surface area contributed by atoms with Crippen molar-refractivity contribution in [2.24, 2.45) is 0 Å². The minimum Gasteiger partial charge on any atom is -0.494 e. The van der Waals surface area contributed by atoms with Gasteiger partial charge in [0.2, 0.25) is 5.91 Å².